The second-order valence-corrected chi connectivity index (χ2v) is 12.0. The fraction of sp³-hybridized carbons (Fsp3) is 0.500. The fourth-order valence-corrected chi connectivity index (χ4v) is 5.81. The maximum atomic E-state index is 13.9. The van der Waals surface area contributed by atoms with Gasteiger partial charge in [0.1, 0.15) is 24.2 Å². The number of carbonyl (C=O) groups is 2. The van der Waals surface area contributed by atoms with Crippen molar-refractivity contribution in [1.82, 2.24) is 14.5 Å². The zero-order valence-electron chi connectivity index (χ0n) is 23.1. The number of anilines is 1. The van der Waals surface area contributed by atoms with E-state index in [1.54, 1.807) is 25.3 Å². The Labute approximate surface area is 231 Å². The first kappa shape index (κ1) is 30.4. The van der Waals surface area contributed by atoms with Gasteiger partial charge in [-0.3, -0.25) is 9.59 Å². The predicted octanol–water partition coefficient (Wildman–Crippen LogP) is 3.70. The first-order chi connectivity index (χ1) is 18.6. The molecule has 2 aromatic rings. The summed E-state index contributed by atoms with van der Waals surface area (Å²) in [6.45, 7) is 1.33. The summed E-state index contributed by atoms with van der Waals surface area (Å²) in [6.07, 6.45) is 5.36. The van der Waals surface area contributed by atoms with Crippen molar-refractivity contribution in [2.75, 3.05) is 32.1 Å². The number of nitrogens with zero attached hydrogens (tertiary/aromatic N) is 3. The Morgan fingerprint density at radius 2 is 1.74 bits per heavy atom. The maximum absolute atomic E-state index is 13.9. The molecule has 0 radical (unpaired) electrons. The van der Waals surface area contributed by atoms with Gasteiger partial charge in [0.15, 0.2) is 0 Å². The lowest BCUT2D eigenvalue weighted by molar-refractivity contribution is -0.140. The van der Waals surface area contributed by atoms with E-state index in [4.69, 9.17) is 4.74 Å². The minimum atomic E-state index is -4.12. The van der Waals surface area contributed by atoms with E-state index in [2.05, 4.69) is 5.32 Å². The Balaban J connectivity index is 1.96. The molecule has 1 atom stereocenters. The highest BCUT2D eigenvalue weighted by molar-refractivity contribution is 7.90. The zero-order valence-corrected chi connectivity index (χ0v) is 23.9. The van der Waals surface area contributed by atoms with Crippen LogP contribution in [-0.2, 0) is 26.3 Å². The van der Waals surface area contributed by atoms with E-state index in [1.807, 2.05) is 13.0 Å². The number of ether oxygens (including phenoxy) is 1. The number of benzene rings is 2. The second-order valence-electron chi connectivity index (χ2n) is 9.91. The van der Waals surface area contributed by atoms with Crippen LogP contribution in [0.3, 0.4) is 0 Å². The summed E-state index contributed by atoms with van der Waals surface area (Å²) >= 11 is 0. The van der Waals surface area contributed by atoms with Crippen LogP contribution in [0.25, 0.3) is 0 Å². The van der Waals surface area contributed by atoms with E-state index in [0.29, 0.717) is 12.2 Å². The third-order valence-electron chi connectivity index (χ3n) is 6.96. The number of amides is 2. The van der Waals surface area contributed by atoms with E-state index in [0.717, 1.165) is 58.4 Å². The molecule has 1 aliphatic carbocycles. The van der Waals surface area contributed by atoms with Crippen molar-refractivity contribution < 1.29 is 27.1 Å². The summed E-state index contributed by atoms with van der Waals surface area (Å²) in [4.78, 5) is 28.8. The van der Waals surface area contributed by atoms with E-state index in [1.165, 1.54) is 31.1 Å². The highest BCUT2D eigenvalue weighted by atomic mass is 32.2. The molecule has 3 rings (SSSR count). The Bertz CT molecular complexity index is 1220. The molecule has 0 bridgehead atoms. The minimum Gasteiger partial charge on any atom is -0.497 e. The molecule has 0 saturated heterocycles. The summed E-state index contributed by atoms with van der Waals surface area (Å²) in [5.74, 6) is -0.747. The van der Waals surface area contributed by atoms with Gasteiger partial charge in [-0.25, -0.2) is 8.70 Å². The molecule has 1 aliphatic rings. The van der Waals surface area contributed by atoms with Crippen LogP contribution in [-0.4, -0.2) is 69.3 Å². The van der Waals surface area contributed by atoms with Crippen molar-refractivity contribution in [2.24, 2.45) is 0 Å². The van der Waals surface area contributed by atoms with Gasteiger partial charge in [-0.2, -0.15) is 12.7 Å². The molecule has 214 valence electrons. The lowest BCUT2D eigenvalue weighted by atomic mass is 9.95. The van der Waals surface area contributed by atoms with E-state index in [9.17, 15) is 22.4 Å². The molecule has 0 unspecified atom stereocenters. The van der Waals surface area contributed by atoms with Gasteiger partial charge in [0.2, 0.25) is 11.8 Å². The van der Waals surface area contributed by atoms with Crippen molar-refractivity contribution in [3.8, 4) is 5.75 Å². The van der Waals surface area contributed by atoms with Crippen LogP contribution in [0.1, 0.15) is 51.0 Å². The molecular formula is C28H39FN4O5S. The number of methoxy groups -OCH3 is 1. The topological polar surface area (TPSA) is 99.3 Å². The Kier molecular flexibility index (Phi) is 10.7. The number of nitrogens with one attached hydrogen (secondary N) is 1. The number of hydrogen-bond donors (Lipinski definition) is 1. The zero-order chi connectivity index (χ0) is 28.6. The number of hydrogen-bond acceptors (Lipinski definition) is 5. The summed E-state index contributed by atoms with van der Waals surface area (Å²) in [6, 6.07) is 11.3. The van der Waals surface area contributed by atoms with Crippen molar-refractivity contribution in [3.63, 3.8) is 0 Å². The summed E-state index contributed by atoms with van der Waals surface area (Å²) in [5.41, 5.74) is 0.870. The second kappa shape index (κ2) is 13.7. The SMILES string of the molecule is CC[C@H](C(=O)NC1CCCCC1)N(Cc1cccc(OC)c1)C(=O)CN(c1ccc(F)cc1)S(=O)(=O)N(C)C. The molecule has 1 N–H and O–H groups in total. The largest absolute Gasteiger partial charge is 0.497 e. The first-order valence-electron chi connectivity index (χ1n) is 13.2. The fourth-order valence-electron chi connectivity index (χ4n) is 4.76. The van der Waals surface area contributed by atoms with Crippen LogP contribution >= 0.6 is 0 Å². The van der Waals surface area contributed by atoms with Gasteiger partial charge in [-0.1, -0.05) is 38.3 Å². The van der Waals surface area contributed by atoms with Crippen molar-refractivity contribution in [2.45, 2.75) is 64.1 Å². The average molecular weight is 563 g/mol. The highest BCUT2D eigenvalue weighted by Crippen LogP contribution is 2.23. The molecule has 1 saturated carbocycles. The van der Waals surface area contributed by atoms with E-state index in [-0.39, 0.29) is 24.2 Å². The molecule has 0 heterocycles. The van der Waals surface area contributed by atoms with Crippen LogP contribution in [0.5, 0.6) is 5.75 Å². The molecule has 9 nitrogen and oxygen atoms in total. The molecule has 11 heteroatoms. The third-order valence-corrected chi connectivity index (χ3v) is 8.78. The molecule has 39 heavy (non-hydrogen) atoms. The van der Waals surface area contributed by atoms with Crippen molar-refractivity contribution >= 4 is 27.7 Å². The summed E-state index contributed by atoms with van der Waals surface area (Å²) in [5, 5.41) is 3.11. The third kappa shape index (κ3) is 7.92. The number of carbonyl (C=O) groups excluding carboxylic acids is 2. The standard InChI is InChI=1S/C28H39FN4O5S/c1-5-26(28(35)30-23-11-7-6-8-12-23)32(19-21-10-9-13-25(18-21)38-4)27(34)20-33(39(36,37)31(2)3)24-16-14-22(29)15-17-24/h9-10,13-18,23,26H,5-8,11-12,19-20H2,1-4H3,(H,30,35)/t26-/m1/s1. The van der Waals surface area contributed by atoms with Crippen LogP contribution < -0.4 is 14.4 Å². The Morgan fingerprint density at radius 1 is 1.08 bits per heavy atom. The van der Waals surface area contributed by atoms with Gasteiger partial charge in [0.25, 0.3) is 0 Å². The first-order valence-corrected chi connectivity index (χ1v) is 14.6. The molecule has 2 amide bonds. The molecule has 0 spiro atoms. The maximum Gasteiger partial charge on any atom is 0.304 e. The lowest BCUT2D eigenvalue weighted by Gasteiger charge is -2.35. The van der Waals surface area contributed by atoms with Crippen LogP contribution in [0, 0.1) is 5.82 Å². The van der Waals surface area contributed by atoms with Gasteiger partial charge >= 0.3 is 10.2 Å². The van der Waals surface area contributed by atoms with Crippen LogP contribution in [0.4, 0.5) is 10.1 Å². The predicted molar refractivity (Wildman–Crippen MR) is 149 cm³/mol. The quantitative estimate of drug-likeness (QED) is 0.425. The van der Waals surface area contributed by atoms with Gasteiger partial charge in [0.05, 0.1) is 12.8 Å². The van der Waals surface area contributed by atoms with Crippen molar-refractivity contribution in [1.29, 1.82) is 0 Å². The monoisotopic (exact) mass is 562 g/mol. The Morgan fingerprint density at radius 3 is 2.33 bits per heavy atom. The molecule has 2 aromatic carbocycles. The average Bonchev–Trinajstić information content (AvgIpc) is 2.92. The number of rotatable bonds is 12. The molecule has 0 aliphatic heterocycles. The lowest BCUT2D eigenvalue weighted by Crippen LogP contribution is -2.54. The van der Waals surface area contributed by atoms with Crippen LogP contribution in [0.2, 0.25) is 0 Å². The summed E-state index contributed by atoms with van der Waals surface area (Å²) in [7, 11) is 0.143. The van der Waals surface area contributed by atoms with Gasteiger partial charge in [-0.05, 0) is 61.2 Å². The highest BCUT2D eigenvalue weighted by Gasteiger charge is 2.34. The van der Waals surface area contributed by atoms with Crippen LogP contribution in [0.15, 0.2) is 48.5 Å². The van der Waals surface area contributed by atoms with E-state index < -0.39 is 34.5 Å². The Hall–Kier alpha value is -3.18. The number of halogens is 1. The normalized spacial score (nSPS) is 15.0. The molecular weight excluding hydrogens is 523 g/mol. The smallest absolute Gasteiger partial charge is 0.304 e. The van der Waals surface area contributed by atoms with Gasteiger partial charge < -0.3 is 15.0 Å². The summed E-state index contributed by atoms with van der Waals surface area (Å²) < 4.78 is 47.4. The van der Waals surface area contributed by atoms with Gasteiger partial charge in [0, 0.05) is 26.7 Å². The minimum absolute atomic E-state index is 0.0545. The van der Waals surface area contributed by atoms with E-state index >= 15 is 0 Å². The molecule has 1 fully saturated rings. The van der Waals surface area contributed by atoms with Crippen molar-refractivity contribution in [3.05, 3.63) is 59.9 Å². The molecule has 0 aromatic heterocycles. The van der Waals surface area contributed by atoms with Gasteiger partial charge in [-0.15, -0.1) is 0 Å².